The molecule has 0 amide bonds. The van der Waals surface area contributed by atoms with Crippen LogP contribution in [-0.2, 0) is 31.0 Å². The molecular weight excluding hydrogens is 288 g/mol. The predicted molar refractivity (Wildman–Crippen MR) is 78.0 cm³/mol. The number of nitrogens with zero attached hydrogens (tertiary/aromatic N) is 3. The Labute approximate surface area is 128 Å². The highest BCUT2D eigenvalue weighted by Crippen LogP contribution is 2.19. The Kier molecular flexibility index (Phi) is 4.49. The summed E-state index contributed by atoms with van der Waals surface area (Å²) in [5, 5.41) is 0. The zero-order valence-electron chi connectivity index (χ0n) is 12.6. The minimum Gasteiger partial charge on any atom is -0.378 e. The quantitative estimate of drug-likeness (QED) is 0.870. The van der Waals surface area contributed by atoms with Gasteiger partial charge in [-0.05, 0) is 24.1 Å². The highest BCUT2D eigenvalue weighted by atomic mass is 19.2. The summed E-state index contributed by atoms with van der Waals surface area (Å²) in [5.74, 6) is -1.60. The zero-order chi connectivity index (χ0) is 15.5. The molecule has 0 N–H and O–H groups in total. The molecule has 6 heteroatoms. The van der Waals surface area contributed by atoms with Gasteiger partial charge in [0.1, 0.15) is 0 Å². The fraction of sp³-hybridized carbons (Fsp3) is 0.438. The number of methoxy groups -OCH3 is 1. The van der Waals surface area contributed by atoms with Gasteiger partial charge in [-0.25, -0.2) is 13.8 Å². The van der Waals surface area contributed by atoms with Crippen LogP contribution in [0.25, 0.3) is 0 Å². The molecular formula is C16H19F2N3O. The van der Waals surface area contributed by atoms with E-state index in [0.717, 1.165) is 43.0 Å². The number of halogens is 2. The first-order chi connectivity index (χ1) is 10.7. The Morgan fingerprint density at radius 2 is 2.09 bits per heavy atom. The van der Waals surface area contributed by atoms with E-state index >= 15 is 0 Å². The second-order valence-electron chi connectivity index (χ2n) is 5.58. The van der Waals surface area contributed by atoms with Crippen LogP contribution >= 0.6 is 0 Å². The molecule has 3 rings (SSSR count). The molecule has 0 radical (unpaired) electrons. The summed E-state index contributed by atoms with van der Waals surface area (Å²) in [5.41, 5.74) is 2.86. The predicted octanol–water partition coefficient (Wildman–Crippen LogP) is 2.71. The maximum absolute atomic E-state index is 13.3. The van der Waals surface area contributed by atoms with E-state index in [0.29, 0.717) is 13.2 Å². The van der Waals surface area contributed by atoms with E-state index in [9.17, 15) is 8.78 Å². The number of fused-ring (bicyclic) bond motifs is 1. The second kappa shape index (κ2) is 6.54. The van der Waals surface area contributed by atoms with E-state index < -0.39 is 11.6 Å². The third-order valence-corrected chi connectivity index (χ3v) is 3.95. The van der Waals surface area contributed by atoms with Crippen molar-refractivity contribution >= 4 is 0 Å². The first-order valence-corrected chi connectivity index (χ1v) is 7.35. The fourth-order valence-corrected chi connectivity index (χ4v) is 2.87. The molecule has 0 saturated heterocycles. The molecule has 2 aromatic rings. The van der Waals surface area contributed by atoms with Gasteiger partial charge >= 0.3 is 0 Å². The maximum atomic E-state index is 13.3. The highest BCUT2D eigenvalue weighted by Gasteiger charge is 2.19. The van der Waals surface area contributed by atoms with Gasteiger partial charge in [-0.1, -0.05) is 6.07 Å². The lowest BCUT2D eigenvalue weighted by molar-refractivity contribution is 0.179. The molecule has 0 unspecified atom stereocenters. The first kappa shape index (κ1) is 15.1. The zero-order valence-corrected chi connectivity index (χ0v) is 12.6. The Balaban J connectivity index is 1.77. The number of hydrogen-bond acceptors (Lipinski definition) is 3. The summed E-state index contributed by atoms with van der Waals surface area (Å²) in [6.07, 6.45) is 2.85. The number of imidazole rings is 1. The molecule has 2 heterocycles. The van der Waals surface area contributed by atoms with Crippen molar-refractivity contribution in [1.29, 1.82) is 0 Å². The first-order valence-electron chi connectivity index (χ1n) is 7.35. The average molecular weight is 307 g/mol. The summed E-state index contributed by atoms with van der Waals surface area (Å²) < 4.78 is 33.7. The minimum absolute atomic E-state index is 0.487. The Morgan fingerprint density at radius 1 is 1.23 bits per heavy atom. The Morgan fingerprint density at radius 3 is 2.86 bits per heavy atom. The summed E-state index contributed by atoms with van der Waals surface area (Å²) in [6, 6.07) is 4.09. The molecule has 0 atom stereocenters. The largest absolute Gasteiger partial charge is 0.378 e. The van der Waals surface area contributed by atoms with Gasteiger partial charge in [0.2, 0.25) is 0 Å². The van der Waals surface area contributed by atoms with Crippen molar-refractivity contribution in [2.45, 2.75) is 32.7 Å². The van der Waals surface area contributed by atoms with Crippen molar-refractivity contribution in [3.63, 3.8) is 0 Å². The number of ether oxygens (including phenoxy) is 1. The van der Waals surface area contributed by atoms with Gasteiger partial charge in [0.25, 0.3) is 0 Å². The maximum Gasteiger partial charge on any atom is 0.159 e. The van der Waals surface area contributed by atoms with Crippen molar-refractivity contribution < 1.29 is 13.5 Å². The van der Waals surface area contributed by atoms with Crippen LogP contribution in [-0.4, -0.2) is 28.1 Å². The number of benzene rings is 1. The van der Waals surface area contributed by atoms with Gasteiger partial charge in [-0.15, -0.1) is 0 Å². The highest BCUT2D eigenvalue weighted by molar-refractivity contribution is 5.19. The molecule has 22 heavy (non-hydrogen) atoms. The van der Waals surface area contributed by atoms with Crippen LogP contribution < -0.4 is 0 Å². The van der Waals surface area contributed by atoms with E-state index in [-0.39, 0.29) is 0 Å². The number of aryl methyl sites for hydroxylation is 1. The molecule has 1 aliphatic heterocycles. The molecule has 0 spiro atoms. The standard InChI is InChI=1S/C16H19F2N3O/c1-22-10-15-16-9-20(5-2-6-21(16)11-19-15)8-12-3-4-13(17)14(18)7-12/h3-4,7,11H,2,5-6,8-10H2,1H3. The fourth-order valence-electron chi connectivity index (χ4n) is 2.87. The molecule has 1 aromatic carbocycles. The average Bonchev–Trinajstić information content (AvgIpc) is 2.75. The van der Waals surface area contributed by atoms with Crippen molar-refractivity contribution in [1.82, 2.24) is 14.5 Å². The molecule has 1 aliphatic rings. The lowest BCUT2D eigenvalue weighted by atomic mass is 10.2. The summed E-state index contributed by atoms with van der Waals surface area (Å²) in [7, 11) is 1.65. The minimum atomic E-state index is -0.805. The summed E-state index contributed by atoms with van der Waals surface area (Å²) in [6.45, 7) is 3.64. The van der Waals surface area contributed by atoms with Crippen LogP contribution in [0.1, 0.15) is 23.4 Å². The Hall–Kier alpha value is -1.79. The van der Waals surface area contributed by atoms with Crippen molar-refractivity contribution in [2.24, 2.45) is 0 Å². The van der Waals surface area contributed by atoms with Gasteiger partial charge in [0, 0.05) is 33.3 Å². The molecule has 1 aromatic heterocycles. The lowest BCUT2D eigenvalue weighted by Crippen LogP contribution is -2.23. The van der Waals surface area contributed by atoms with E-state index in [1.54, 1.807) is 13.2 Å². The number of hydrogen-bond donors (Lipinski definition) is 0. The van der Waals surface area contributed by atoms with E-state index in [1.165, 1.54) is 12.1 Å². The normalized spacial score (nSPS) is 15.6. The van der Waals surface area contributed by atoms with Crippen LogP contribution in [0.3, 0.4) is 0 Å². The van der Waals surface area contributed by atoms with Gasteiger partial charge in [0.15, 0.2) is 11.6 Å². The number of rotatable bonds is 4. The van der Waals surface area contributed by atoms with Crippen LogP contribution in [0.15, 0.2) is 24.5 Å². The summed E-state index contributed by atoms with van der Waals surface area (Å²) >= 11 is 0. The van der Waals surface area contributed by atoms with Crippen molar-refractivity contribution in [2.75, 3.05) is 13.7 Å². The van der Waals surface area contributed by atoms with E-state index in [2.05, 4.69) is 14.5 Å². The third-order valence-electron chi connectivity index (χ3n) is 3.95. The van der Waals surface area contributed by atoms with Crippen molar-refractivity contribution in [3.05, 3.63) is 53.1 Å². The monoisotopic (exact) mass is 307 g/mol. The molecule has 0 aliphatic carbocycles. The second-order valence-corrected chi connectivity index (χ2v) is 5.58. The van der Waals surface area contributed by atoms with Crippen LogP contribution in [0.4, 0.5) is 8.78 Å². The third kappa shape index (κ3) is 3.18. The topological polar surface area (TPSA) is 30.3 Å². The van der Waals surface area contributed by atoms with E-state index in [1.807, 2.05) is 6.33 Å². The van der Waals surface area contributed by atoms with Crippen LogP contribution in [0, 0.1) is 11.6 Å². The van der Waals surface area contributed by atoms with E-state index in [4.69, 9.17) is 4.74 Å². The van der Waals surface area contributed by atoms with Gasteiger partial charge in [-0.2, -0.15) is 0 Å². The molecule has 0 bridgehead atoms. The van der Waals surface area contributed by atoms with Gasteiger partial charge in [0.05, 0.1) is 24.3 Å². The SMILES string of the molecule is COCc1ncn2c1CN(Cc1ccc(F)c(F)c1)CCC2. The van der Waals surface area contributed by atoms with Crippen LogP contribution in [0.5, 0.6) is 0 Å². The molecule has 118 valence electrons. The number of aromatic nitrogens is 2. The van der Waals surface area contributed by atoms with Gasteiger partial charge in [-0.3, -0.25) is 4.90 Å². The van der Waals surface area contributed by atoms with Crippen LogP contribution in [0.2, 0.25) is 0 Å². The lowest BCUT2D eigenvalue weighted by Gasteiger charge is -2.20. The summed E-state index contributed by atoms with van der Waals surface area (Å²) in [4.78, 5) is 6.63. The smallest absolute Gasteiger partial charge is 0.159 e. The molecule has 4 nitrogen and oxygen atoms in total. The molecule has 0 fully saturated rings. The Bertz CT molecular complexity index is 657. The van der Waals surface area contributed by atoms with Crippen molar-refractivity contribution in [3.8, 4) is 0 Å². The molecule has 0 saturated carbocycles. The van der Waals surface area contributed by atoms with Gasteiger partial charge < -0.3 is 9.30 Å².